The van der Waals surface area contributed by atoms with E-state index in [1.807, 2.05) is 110 Å². The number of carboxylic acids is 2. The summed E-state index contributed by atoms with van der Waals surface area (Å²) in [6, 6.07) is 14.0. The number of hydrogen-bond acceptors (Lipinski definition) is 13. The van der Waals surface area contributed by atoms with Crippen molar-refractivity contribution >= 4 is 82.0 Å². The van der Waals surface area contributed by atoms with Crippen LogP contribution in [-0.2, 0) is 31.9 Å². The third-order valence-electron chi connectivity index (χ3n) is 14.1. The zero-order valence-corrected chi connectivity index (χ0v) is 42.7. The average molecular weight is 990 g/mol. The molecule has 15 heteroatoms. The Labute approximate surface area is 418 Å². The molecule has 8 aromatic rings. The van der Waals surface area contributed by atoms with Gasteiger partial charge in [0.25, 0.3) is 0 Å². The van der Waals surface area contributed by atoms with E-state index in [4.69, 9.17) is 38.9 Å². The summed E-state index contributed by atoms with van der Waals surface area (Å²) in [6.07, 6.45) is 4.80. The van der Waals surface area contributed by atoms with Gasteiger partial charge in [-0.05, 0) is 139 Å². The van der Waals surface area contributed by atoms with Gasteiger partial charge in [0.1, 0.15) is 17.6 Å². The van der Waals surface area contributed by atoms with Gasteiger partial charge in [-0.15, -0.1) is 11.3 Å². The first-order valence-electron chi connectivity index (χ1n) is 24.5. The lowest BCUT2D eigenvalue weighted by Crippen LogP contribution is -2.36. The predicted octanol–water partition coefficient (Wildman–Crippen LogP) is 12.5. The van der Waals surface area contributed by atoms with Gasteiger partial charge >= 0.3 is 11.9 Å². The van der Waals surface area contributed by atoms with Crippen LogP contribution in [-0.4, -0.2) is 73.0 Å². The Balaban J connectivity index is 1.07. The van der Waals surface area contributed by atoms with Crippen LogP contribution in [0.5, 0.6) is 11.5 Å². The van der Waals surface area contributed by atoms with Crippen molar-refractivity contribution < 1.29 is 38.7 Å². The second-order valence-electron chi connectivity index (χ2n) is 21.4. The number of carboxylic acid groups (broad SMARTS) is 2. The molecule has 71 heavy (non-hydrogen) atoms. The number of hydrogen-bond donors (Lipinski definition) is 2. The molecule has 0 spiro atoms. The fourth-order valence-electron chi connectivity index (χ4n) is 10.9. The number of ether oxygens (including phenoxy) is 4. The smallest absolute Gasteiger partial charge is 0.337 e. The van der Waals surface area contributed by atoms with Crippen LogP contribution >= 0.6 is 22.7 Å². The fraction of sp³-hybridized carbons (Fsp3) is 0.393. The van der Waals surface area contributed by atoms with Crippen molar-refractivity contribution in [3.05, 3.63) is 98.8 Å². The van der Waals surface area contributed by atoms with E-state index in [1.54, 1.807) is 22.7 Å². The monoisotopic (exact) mass is 989 g/mol. The lowest BCUT2D eigenvalue weighted by atomic mass is 9.83. The minimum absolute atomic E-state index is 0.320. The van der Waals surface area contributed by atoms with Crippen molar-refractivity contribution in [2.75, 3.05) is 24.6 Å². The summed E-state index contributed by atoms with van der Waals surface area (Å²) in [5.74, 6) is -0.478. The maximum absolute atomic E-state index is 13.8. The number of thiazole rings is 2. The second-order valence-corrected chi connectivity index (χ2v) is 23.4. The topological polar surface area (TPSA) is 166 Å². The molecule has 0 bridgehead atoms. The van der Waals surface area contributed by atoms with Crippen LogP contribution in [0.25, 0.3) is 64.5 Å². The van der Waals surface area contributed by atoms with E-state index >= 15 is 0 Å². The minimum atomic E-state index is -1.35. The number of pyridine rings is 2. The number of anilines is 1. The van der Waals surface area contributed by atoms with Crippen molar-refractivity contribution in [2.45, 2.75) is 123 Å². The molecule has 1 saturated heterocycles. The fourth-order valence-corrected chi connectivity index (χ4v) is 13.4. The maximum atomic E-state index is 13.8. The van der Waals surface area contributed by atoms with Gasteiger partial charge in [0.2, 0.25) is 0 Å². The Morgan fingerprint density at radius 3 is 2.00 bits per heavy atom. The predicted molar refractivity (Wildman–Crippen MR) is 278 cm³/mol. The Morgan fingerprint density at radius 2 is 1.38 bits per heavy atom. The van der Waals surface area contributed by atoms with Crippen LogP contribution in [0.2, 0.25) is 0 Å². The Hall–Kier alpha value is -6.26. The van der Waals surface area contributed by atoms with Crippen molar-refractivity contribution in [1.82, 2.24) is 19.9 Å². The lowest BCUT2D eigenvalue weighted by Gasteiger charge is -2.32. The van der Waals surface area contributed by atoms with Crippen LogP contribution < -0.4 is 14.4 Å². The highest BCUT2D eigenvalue weighted by molar-refractivity contribution is 7.22. The normalized spacial score (nSPS) is 17.6. The van der Waals surface area contributed by atoms with E-state index in [2.05, 4.69) is 4.90 Å². The first-order valence-corrected chi connectivity index (χ1v) is 26.1. The zero-order chi connectivity index (χ0) is 49.4. The largest absolute Gasteiger partial charge is 0.493 e. The van der Waals surface area contributed by atoms with Crippen molar-refractivity contribution in [3.63, 3.8) is 0 Å². The third-order valence-corrected chi connectivity index (χ3v) is 16.5. The summed E-state index contributed by atoms with van der Waals surface area (Å²) in [5, 5.41) is 25.8. The van der Waals surface area contributed by atoms with Gasteiger partial charge in [-0.3, -0.25) is 9.97 Å². The molecule has 12 rings (SSSR count). The summed E-state index contributed by atoms with van der Waals surface area (Å²) in [6.45, 7) is 17.6. The van der Waals surface area contributed by atoms with E-state index in [9.17, 15) is 19.8 Å². The highest BCUT2D eigenvalue weighted by atomic mass is 32.1. The van der Waals surface area contributed by atoms with Crippen molar-refractivity contribution in [1.29, 1.82) is 0 Å². The molecule has 3 aliphatic heterocycles. The minimum Gasteiger partial charge on any atom is -0.493 e. The molecular weight excluding hydrogens is 935 g/mol. The molecule has 2 N–H and O–H groups in total. The van der Waals surface area contributed by atoms with Gasteiger partial charge in [-0.25, -0.2) is 19.6 Å². The standard InChI is InChI=1S/C56H55N5O8S2/c1-26-24-33-49(71-54(59-33)61-21-9-22-61)42(37(26)47(52(62)63)68-55(3,4)5)31-13-15-35-41-30(17-20-58-45(31)41)25-36(67-35)38-27(2)39(48(53(64)65)69-56(6,7)8)43(50-46(38)60-51(70-50)29-10-11-29)32-12-14-34-40-28(18-23-66-34)16-19-57-44(32)40/h12-17,19-20,24,29,36,47-48H,9-11,18,21-23,25H2,1-8H3,(H,62,63)(H,64,65)/t36?,47-,48-/m0/s1. The van der Waals surface area contributed by atoms with Gasteiger partial charge in [-0.1, -0.05) is 11.3 Å². The van der Waals surface area contributed by atoms with Gasteiger partial charge in [-0.2, -0.15) is 0 Å². The van der Waals surface area contributed by atoms with Crippen LogP contribution in [0.4, 0.5) is 5.13 Å². The number of carbonyl (C=O) groups is 2. The van der Waals surface area contributed by atoms with Crippen LogP contribution in [0, 0.1) is 13.8 Å². The van der Waals surface area contributed by atoms with Gasteiger partial charge in [0.05, 0.1) is 54.3 Å². The molecule has 4 aliphatic rings. The highest BCUT2D eigenvalue weighted by Gasteiger charge is 2.40. The second kappa shape index (κ2) is 16.7. The number of aryl methyl sites for hydroxylation is 1. The average Bonchev–Trinajstić information content (AvgIpc) is 3.93. The third kappa shape index (κ3) is 7.78. The number of benzene rings is 4. The molecule has 3 atom stereocenters. The molecule has 0 radical (unpaired) electrons. The SMILES string of the molecule is Cc1cc2nc(N3CCC3)sc2c(-c2ccc3c4c(ccnc24)CC(c2c(C)c([C@H](OC(C)(C)C)C(=O)O)c(-c4ccc5c6c(ccnc46)CCO5)c4sc(C5CC5)nc24)O3)c1[C@H](OC(C)(C)C)C(=O)O. The molecule has 1 aliphatic carbocycles. The molecule has 13 nitrogen and oxygen atoms in total. The first kappa shape index (κ1) is 45.9. The van der Waals surface area contributed by atoms with Crippen molar-refractivity contribution in [3.8, 4) is 33.8 Å². The molecule has 7 heterocycles. The summed E-state index contributed by atoms with van der Waals surface area (Å²) < 4.78 is 28.2. The molecule has 364 valence electrons. The number of fused-ring (bicyclic) bond motifs is 2. The molecular formula is C56H55N5O8S2. The van der Waals surface area contributed by atoms with Gasteiger partial charge < -0.3 is 34.1 Å². The van der Waals surface area contributed by atoms with Gasteiger partial charge in [0.15, 0.2) is 17.3 Å². The number of nitrogens with zero attached hydrogens (tertiary/aromatic N) is 5. The van der Waals surface area contributed by atoms with E-state index in [-0.39, 0.29) is 0 Å². The van der Waals surface area contributed by atoms with Crippen LogP contribution in [0.3, 0.4) is 0 Å². The molecule has 2 fully saturated rings. The van der Waals surface area contributed by atoms with E-state index < -0.39 is 41.5 Å². The number of aromatic nitrogens is 4. The van der Waals surface area contributed by atoms with Crippen LogP contribution in [0.1, 0.15) is 129 Å². The lowest BCUT2D eigenvalue weighted by molar-refractivity contribution is -0.161. The van der Waals surface area contributed by atoms with E-state index in [0.29, 0.717) is 41.3 Å². The zero-order valence-electron chi connectivity index (χ0n) is 41.1. The van der Waals surface area contributed by atoms with Crippen molar-refractivity contribution in [2.24, 2.45) is 0 Å². The first-order chi connectivity index (χ1) is 33.9. The van der Waals surface area contributed by atoms with Gasteiger partial charge in [0, 0.05) is 94.0 Å². The summed E-state index contributed by atoms with van der Waals surface area (Å²) in [7, 11) is 0. The molecule has 4 aromatic heterocycles. The summed E-state index contributed by atoms with van der Waals surface area (Å²) >= 11 is 3.20. The Morgan fingerprint density at radius 1 is 0.761 bits per heavy atom. The Kier molecular flexibility index (Phi) is 10.8. The summed E-state index contributed by atoms with van der Waals surface area (Å²) in [5.41, 5.74) is 10.1. The van der Waals surface area contributed by atoms with Crippen LogP contribution in [0.15, 0.2) is 54.9 Å². The Bertz CT molecular complexity index is 3540. The number of aliphatic carboxylic acids is 2. The molecule has 1 unspecified atom stereocenters. The van der Waals surface area contributed by atoms with E-state index in [0.717, 1.165) is 141 Å². The quantitative estimate of drug-likeness (QED) is 0.126. The summed E-state index contributed by atoms with van der Waals surface area (Å²) in [4.78, 5) is 50.0. The molecule has 0 amide bonds. The highest BCUT2D eigenvalue weighted by Crippen LogP contribution is 2.55. The number of rotatable bonds is 11. The van der Waals surface area contributed by atoms with E-state index in [1.165, 1.54) is 0 Å². The molecule has 4 aromatic carbocycles. The molecule has 1 saturated carbocycles. The maximum Gasteiger partial charge on any atom is 0.337 e.